The molecule has 0 aromatic heterocycles. The summed E-state index contributed by atoms with van der Waals surface area (Å²) in [5.41, 5.74) is 6.71. The van der Waals surface area contributed by atoms with Crippen LogP contribution in [-0.2, 0) is 4.79 Å². The number of nitrogens with two attached hydrogens (primary N) is 1. The molecule has 1 rings (SSSR count). The third-order valence-electron chi connectivity index (χ3n) is 2.81. The minimum atomic E-state index is -0.0321. The quantitative estimate of drug-likeness (QED) is 0.724. The standard InChI is InChI=1S/C11H19NO/c1-8(9(2)12)11(13)10-6-4-3-5-7-10/h6,8-9H,3-5,7,12H2,1-2H3. The Labute approximate surface area is 80.2 Å². The second-order valence-electron chi connectivity index (χ2n) is 3.99. The van der Waals surface area contributed by atoms with E-state index in [1.165, 1.54) is 6.42 Å². The molecule has 1 aliphatic carbocycles. The first-order chi connectivity index (χ1) is 6.13. The number of ketones is 1. The number of hydrogen-bond acceptors (Lipinski definition) is 2. The normalized spacial score (nSPS) is 21.9. The molecule has 0 bridgehead atoms. The van der Waals surface area contributed by atoms with Gasteiger partial charge >= 0.3 is 0 Å². The lowest BCUT2D eigenvalue weighted by molar-refractivity contribution is -0.119. The SMILES string of the molecule is CC(N)C(C)C(=O)C1=CCCCC1. The van der Waals surface area contributed by atoms with Gasteiger partial charge in [0.05, 0.1) is 0 Å². The summed E-state index contributed by atoms with van der Waals surface area (Å²) in [5, 5.41) is 0. The van der Waals surface area contributed by atoms with Gasteiger partial charge in [0.25, 0.3) is 0 Å². The third kappa shape index (κ3) is 2.66. The zero-order valence-electron chi connectivity index (χ0n) is 8.55. The Morgan fingerprint density at radius 1 is 1.46 bits per heavy atom. The van der Waals surface area contributed by atoms with Crippen molar-refractivity contribution in [3.8, 4) is 0 Å². The van der Waals surface area contributed by atoms with Crippen LogP contribution in [0, 0.1) is 5.92 Å². The van der Waals surface area contributed by atoms with E-state index in [1.54, 1.807) is 0 Å². The lowest BCUT2D eigenvalue weighted by atomic mass is 9.88. The molecule has 0 amide bonds. The molecule has 0 spiro atoms. The lowest BCUT2D eigenvalue weighted by Gasteiger charge is -2.18. The Morgan fingerprint density at radius 3 is 2.62 bits per heavy atom. The summed E-state index contributed by atoms with van der Waals surface area (Å²) in [4.78, 5) is 11.8. The van der Waals surface area contributed by atoms with Crippen molar-refractivity contribution in [1.82, 2.24) is 0 Å². The molecule has 13 heavy (non-hydrogen) atoms. The van der Waals surface area contributed by atoms with E-state index in [9.17, 15) is 4.79 Å². The van der Waals surface area contributed by atoms with Crippen LogP contribution in [0.15, 0.2) is 11.6 Å². The number of Topliss-reactive ketones (excluding diaryl/α,β-unsaturated/α-hetero) is 1. The van der Waals surface area contributed by atoms with Gasteiger partial charge in [0.2, 0.25) is 0 Å². The van der Waals surface area contributed by atoms with E-state index in [4.69, 9.17) is 5.73 Å². The van der Waals surface area contributed by atoms with E-state index in [0.29, 0.717) is 0 Å². The molecule has 0 aromatic carbocycles. The molecule has 0 saturated heterocycles. The molecule has 2 atom stereocenters. The van der Waals surface area contributed by atoms with E-state index < -0.39 is 0 Å². The van der Waals surface area contributed by atoms with Crippen LogP contribution in [0.3, 0.4) is 0 Å². The van der Waals surface area contributed by atoms with Crippen LogP contribution in [0.2, 0.25) is 0 Å². The van der Waals surface area contributed by atoms with Crippen molar-refractivity contribution in [2.24, 2.45) is 11.7 Å². The van der Waals surface area contributed by atoms with Crippen LogP contribution in [-0.4, -0.2) is 11.8 Å². The second-order valence-corrected chi connectivity index (χ2v) is 3.99. The van der Waals surface area contributed by atoms with Gasteiger partial charge in [-0.15, -0.1) is 0 Å². The molecular weight excluding hydrogens is 162 g/mol. The van der Waals surface area contributed by atoms with Gasteiger partial charge in [-0.25, -0.2) is 0 Å². The van der Waals surface area contributed by atoms with Crippen molar-refractivity contribution >= 4 is 5.78 Å². The van der Waals surface area contributed by atoms with E-state index in [-0.39, 0.29) is 17.7 Å². The predicted molar refractivity (Wildman–Crippen MR) is 54.4 cm³/mol. The molecule has 0 aromatic rings. The van der Waals surface area contributed by atoms with Crippen LogP contribution in [0.1, 0.15) is 39.5 Å². The molecule has 2 nitrogen and oxygen atoms in total. The zero-order chi connectivity index (χ0) is 9.84. The van der Waals surface area contributed by atoms with Gasteiger partial charge in [0, 0.05) is 12.0 Å². The summed E-state index contributed by atoms with van der Waals surface area (Å²) in [6.07, 6.45) is 6.49. The van der Waals surface area contributed by atoms with Gasteiger partial charge in [-0.2, -0.15) is 0 Å². The minimum absolute atomic E-state index is 0.0237. The fraction of sp³-hybridized carbons (Fsp3) is 0.727. The highest BCUT2D eigenvalue weighted by molar-refractivity contribution is 5.97. The maximum absolute atomic E-state index is 11.8. The van der Waals surface area contributed by atoms with Gasteiger partial charge in [-0.05, 0) is 38.2 Å². The summed E-state index contributed by atoms with van der Waals surface area (Å²) in [6, 6.07) is -0.0321. The van der Waals surface area contributed by atoms with Crippen molar-refractivity contribution in [3.63, 3.8) is 0 Å². The monoisotopic (exact) mass is 181 g/mol. The lowest BCUT2D eigenvalue weighted by Crippen LogP contribution is -2.31. The summed E-state index contributed by atoms with van der Waals surface area (Å²) in [5.74, 6) is 0.235. The smallest absolute Gasteiger partial charge is 0.162 e. The van der Waals surface area contributed by atoms with Gasteiger partial charge in [0.15, 0.2) is 5.78 Å². The Bertz CT molecular complexity index is 218. The Balaban J connectivity index is 2.60. The fourth-order valence-electron chi connectivity index (χ4n) is 1.59. The molecule has 2 N–H and O–H groups in total. The van der Waals surface area contributed by atoms with Crippen LogP contribution >= 0.6 is 0 Å². The van der Waals surface area contributed by atoms with E-state index in [0.717, 1.165) is 24.8 Å². The van der Waals surface area contributed by atoms with Crippen LogP contribution in [0.25, 0.3) is 0 Å². The van der Waals surface area contributed by atoms with Crippen LogP contribution < -0.4 is 5.73 Å². The molecular formula is C11H19NO. The highest BCUT2D eigenvalue weighted by Gasteiger charge is 2.21. The molecule has 0 fully saturated rings. The van der Waals surface area contributed by atoms with Crippen molar-refractivity contribution < 1.29 is 4.79 Å². The minimum Gasteiger partial charge on any atom is -0.327 e. The van der Waals surface area contributed by atoms with Gasteiger partial charge in [-0.1, -0.05) is 13.0 Å². The molecule has 0 heterocycles. The van der Waals surface area contributed by atoms with Gasteiger partial charge < -0.3 is 5.73 Å². The number of allylic oxidation sites excluding steroid dienone is 2. The molecule has 0 radical (unpaired) electrons. The molecule has 0 saturated carbocycles. The van der Waals surface area contributed by atoms with Crippen molar-refractivity contribution in [1.29, 1.82) is 0 Å². The van der Waals surface area contributed by atoms with E-state index in [1.807, 2.05) is 13.8 Å². The topological polar surface area (TPSA) is 43.1 Å². The molecule has 2 unspecified atom stereocenters. The Morgan fingerprint density at radius 2 is 2.15 bits per heavy atom. The summed E-state index contributed by atoms with van der Waals surface area (Å²) in [7, 11) is 0. The zero-order valence-corrected chi connectivity index (χ0v) is 8.55. The maximum Gasteiger partial charge on any atom is 0.162 e. The van der Waals surface area contributed by atoms with Gasteiger partial charge in [-0.3, -0.25) is 4.79 Å². The Hall–Kier alpha value is -0.630. The molecule has 74 valence electrons. The van der Waals surface area contributed by atoms with E-state index >= 15 is 0 Å². The molecule has 0 aliphatic heterocycles. The summed E-state index contributed by atoms with van der Waals surface area (Å²) < 4.78 is 0. The highest BCUT2D eigenvalue weighted by Crippen LogP contribution is 2.21. The maximum atomic E-state index is 11.8. The van der Waals surface area contributed by atoms with Crippen molar-refractivity contribution in [3.05, 3.63) is 11.6 Å². The number of carbonyl (C=O) groups is 1. The van der Waals surface area contributed by atoms with Crippen molar-refractivity contribution in [2.75, 3.05) is 0 Å². The Kier molecular flexibility index (Phi) is 3.67. The highest BCUT2D eigenvalue weighted by atomic mass is 16.1. The first-order valence-corrected chi connectivity index (χ1v) is 5.11. The molecule has 2 heteroatoms. The number of hydrogen-bond donors (Lipinski definition) is 1. The number of rotatable bonds is 3. The first-order valence-electron chi connectivity index (χ1n) is 5.11. The largest absolute Gasteiger partial charge is 0.327 e. The van der Waals surface area contributed by atoms with Crippen LogP contribution in [0.4, 0.5) is 0 Å². The average Bonchev–Trinajstić information content (AvgIpc) is 2.17. The first kappa shape index (κ1) is 10.5. The third-order valence-corrected chi connectivity index (χ3v) is 2.81. The van der Waals surface area contributed by atoms with Gasteiger partial charge in [0.1, 0.15) is 0 Å². The summed E-state index contributed by atoms with van der Waals surface area (Å²) >= 11 is 0. The number of carbonyl (C=O) groups excluding carboxylic acids is 1. The summed E-state index contributed by atoms with van der Waals surface area (Å²) in [6.45, 7) is 3.81. The van der Waals surface area contributed by atoms with E-state index in [2.05, 4.69) is 6.08 Å². The fourth-order valence-corrected chi connectivity index (χ4v) is 1.59. The average molecular weight is 181 g/mol. The predicted octanol–water partition coefficient (Wildman–Crippen LogP) is 2.04. The van der Waals surface area contributed by atoms with Crippen LogP contribution in [0.5, 0.6) is 0 Å². The second kappa shape index (κ2) is 4.56. The van der Waals surface area contributed by atoms with Crippen molar-refractivity contribution in [2.45, 2.75) is 45.6 Å². The molecule has 1 aliphatic rings.